The summed E-state index contributed by atoms with van der Waals surface area (Å²) in [4.78, 5) is 24.6. The van der Waals surface area contributed by atoms with Gasteiger partial charge in [0.1, 0.15) is 11.9 Å². The molecule has 1 N–H and O–H groups in total. The Balaban J connectivity index is 1.47. The summed E-state index contributed by atoms with van der Waals surface area (Å²) in [5.74, 6) is 0.205. The SMILES string of the molecule is C[C@H](Oc1ccc(C(=O)NC2CCCCC2)cc1)C(=O)OC1CCCCC1. The highest BCUT2D eigenvalue weighted by Gasteiger charge is 2.23. The van der Waals surface area contributed by atoms with Crippen molar-refractivity contribution in [3.63, 3.8) is 0 Å². The van der Waals surface area contributed by atoms with Crippen LogP contribution in [0.3, 0.4) is 0 Å². The van der Waals surface area contributed by atoms with Crippen molar-refractivity contribution in [1.82, 2.24) is 5.32 Å². The van der Waals surface area contributed by atoms with Crippen LogP contribution in [0, 0.1) is 0 Å². The van der Waals surface area contributed by atoms with Crippen molar-refractivity contribution in [1.29, 1.82) is 0 Å². The number of hydrogen-bond acceptors (Lipinski definition) is 4. The number of nitrogens with one attached hydrogen (secondary N) is 1. The molecule has 0 bridgehead atoms. The summed E-state index contributed by atoms with van der Waals surface area (Å²) < 4.78 is 11.2. The highest BCUT2D eigenvalue weighted by molar-refractivity contribution is 5.94. The third kappa shape index (κ3) is 5.98. The zero-order valence-electron chi connectivity index (χ0n) is 16.2. The number of ether oxygens (including phenoxy) is 2. The van der Waals surface area contributed by atoms with Crippen LogP contribution in [-0.2, 0) is 9.53 Å². The molecule has 0 aromatic heterocycles. The Morgan fingerprint density at radius 1 is 0.926 bits per heavy atom. The summed E-state index contributed by atoms with van der Waals surface area (Å²) in [6.07, 6.45) is 10.5. The molecule has 2 fully saturated rings. The predicted molar refractivity (Wildman–Crippen MR) is 104 cm³/mol. The number of rotatable bonds is 6. The molecule has 27 heavy (non-hydrogen) atoms. The monoisotopic (exact) mass is 373 g/mol. The molecule has 0 saturated heterocycles. The zero-order valence-corrected chi connectivity index (χ0v) is 16.2. The summed E-state index contributed by atoms with van der Waals surface area (Å²) in [6, 6.07) is 7.25. The molecule has 2 aliphatic rings. The molecule has 1 aromatic rings. The standard InChI is InChI=1S/C22H31NO4/c1-16(22(25)27-19-10-6-3-7-11-19)26-20-14-12-17(13-15-20)21(24)23-18-8-4-2-5-9-18/h12-16,18-19H,2-11H2,1H3,(H,23,24)/t16-/m0/s1. The molecule has 0 spiro atoms. The largest absolute Gasteiger partial charge is 0.479 e. The normalized spacial score (nSPS) is 19.9. The second-order valence-corrected chi connectivity index (χ2v) is 7.79. The van der Waals surface area contributed by atoms with Crippen LogP contribution < -0.4 is 10.1 Å². The topological polar surface area (TPSA) is 64.6 Å². The van der Waals surface area contributed by atoms with Crippen LogP contribution >= 0.6 is 0 Å². The number of carbonyl (C=O) groups excluding carboxylic acids is 2. The van der Waals surface area contributed by atoms with E-state index in [-0.39, 0.29) is 24.0 Å². The Morgan fingerprint density at radius 3 is 2.15 bits per heavy atom. The molecular formula is C22H31NO4. The van der Waals surface area contributed by atoms with Gasteiger partial charge in [-0.3, -0.25) is 4.79 Å². The van der Waals surface area contributed by atoms with Gasteiger partial charge < -0.3 is 14.8 Å². The van der Waals surface area contributed by atoms with Crippen LogP contribution in [0.5, 0.6) is 5.75 Å². The quantitative estimate of drug-likeness (QED) is 0.751. The van der Waals surface area contributed by atoms with Gasteiger partial charge in [0.05, 0.1) is 0 Å². The van der Waals surface area contributed by atoms with Crippen molar-refractivity contribution in [2.24, 2.45) is 0 Å². The van der Waals surface area contributed by atoms with Crippen molar-refractivity contribution in [2.45, 2.75) is 89.4 Å². The minimum absolute atomic E-state index is 0.0307. The van der Waals surface area contributed by atoms with E-state index in [1.807, 2.05) is 0 Å². The third-order valence-electron chi connectivity index (χ3n) is 5.54. The van der Waals surface area contributed by atoms with Crippen molar-refractivity contribution in [3.8, 4) is 5.75 Å². The summed E-state index contributed by atoms with van der Waals surface area (Å²) >= 11 is 0. The molecular weight excluding hydrogens is 342 g/mol. The van der Waals surface area contributed by atoms with E-state index >= 15 is 0 Å². The molecule has 1 amide bonds. The van der Waals surface area contributed by atoms with E-state index in [0.717, 1.165) is 38.5 Å². The second kappa shape index (κ2) is 9.77. The first-order valence-electron chi connectivity index (χ1n) is 10.4. The fraction of sp³-hybridized carbons (Fsp3) is 0.636. The summed E-state index contributed by atoms with van der Waals surface area (Å²) in [5, 5.41) is 3.11. The van der Waals surface area contributed by atoms with Crippen LogP contribution in [0.2, 0.25) is 0 Å². The number of carbonyl (C=O) groups is 2. The minimum atomic E-state index is -0.658. The molecule has 3 rings (SSSR count). The maximum absolute atomic E-state index is 12.3. The highest BCUT2D eigenvalue weighted by atomic mass is 16.6. The molecule has 0 heterocycles. The van der Waals surface area contributed by atoms with E-state index in [1.54, 1.807) is 31.2 Å². The third-order valence-corrected chi connectivity index (χ3v) is 5.54. The van der Waals surface area contributed by atoms with E-state index in [1.165, 1.54) is 25.7 Å². The van der Waals surface area contributed by atoms with Gasteiger partial charge in [-0.15, -0.1) is 0 Å². The van der Waals surface area contributed by atoms with Gasteiger partial charge in [0.2, 0.25) is 0 Å². The Morgan fingerprint density at radius 2 is 1.52 bits per heavy atom. The fourth-order valence-corrected chi connectivity index (χ4v) is 3.90. The molecule has 2 saturated carbocycles. The average molecular weight is 373 g/mol. The van der Waals surface area contributed by atoms with Gasteiger partial charge in [0.25, 0.3) is 5.91 Å². The van der Waals surface area contributed by atoms with E-state index in [2.05, 4.69) is 5.32 Å². The van der Waals surface area contributed by atoms with Crippen molar-refractivity contribution in [2.75, 3.05) is 0 Å². The van der Waals surface area contributed by atoms with E-state index in [4.69, 9.17) is 9.47 Å². The number of hydrogen-bond donors (Lipinski definition) is 1. The Labute approximate surface area is 161 Å². The first-order chi connectivity index (χ1) is 13.1. The lowest BCUT2D eigenvalue weighted by Gasteiger charge is -2.24. The summed E-state index contributed by atoms with van der Waals surface area (Å²) in [5.41, 5.74) is 0.616. The Hall–Kier alpha value is -2.04. The smallest absolute Gasteiger partial charge is 0.347 e. The van der Waals surface area contributed by atoms with Crippen LogP contribution in [0.15, 0.2) is 24.3 Å². The van der Waals surface area contributed by atoms with Gasteiger partial charge in [-0.05, 0) is 69.7 Å². The first kappa shape index (κ1) is 19.7. The Kier molecular flexibility index (Phi) is 7.13. The predicted octanol–water partition coefficient (Wildman–Crippen LogP) is 4.39. The van der Waals surface area contributed by atoms with Crippen molar-refractivity contribution < 1.29 is 19.1 Å². The van der Waals surface area contributed by atoms with E-state index in [0.29, 0.717) is 11.3 Å². The average Bonchev–Trinajstić information content (AvgIpc) is 2.70. The van der Waals surface area contributed by atoms with Gasteiger partial charge in [-0.1, -0.05) is 25.7 Å². The molecule has 1 aromatic carbocycles. The minimum Gasteiger partial charge on any atom is -0.479 e. The number of amides is 1. The number of esters is 1. The van der Waals surface area contributed by atoms with Crippen LogP contribution in [0.1, 0.15) is 81.5 Å². The van der Waals surface area contributed by atoms with E-state index < -0.39 is 6.10 Å². The molecule has 0 unspecified atom stereocenters. The van der Waals surface area contributed by atoms with Crippen LogP contribution in [0.25, 0.3) is 0 Å². The van der Waals surface area contributed by atoms with Gasteiger partial charge in [0, 0.05) is 11.6 Å². The summed E-state index contributed by atoms with van der Waals surface area (Å²) in [6.45, 7) is 1.70. The maximum Gasteiger partial charge on any atom is 0.347 e. The molecule has 0 radical (unpaired) electrons. The van der Waals surface area contributed by atoms with E-state index in [9.17, 15) is 9.59 Å². The lowest BCUT2D eigenvalue weighted by Crippen LogP contribution is -2.36. The fourth-order valence-electron chi connectivity index (χ4n) is 3.90. The number of benzene rings is 1. The maximum atomic E-state index is 12.3. The van der Waals surface area contributed by atoms with Gasteiger partial charge >= 0.3 is 5.97 Å². The van der Waals surface area contributed by atoms with Gasteiger partial charge in [0.15, 0.2) is 6.10 Å². The van der Waals surface area contributed by atoms with Crippen LogP contribution in [-0.4, -0.2) is 30.1 Å². The summed E-state index contributed by atoms with van der Waals surface area (Å²) in [7, 11) is 0. The zero-order chi connectivity index (χ0) is 19.1. The lowest BCUT2D eigenvalue weighted by molar-refractivity contribution is -0.158. The molecule has 148 valence electrons. The molecule has 5 nitrogen and oxygen atoms in total. The van der Waals surface area contributed by atoms with Gasteiger partial charge in [-0.25, -0.2) is 4.79 Å². The lowest BCUT2D eigenvalue weighted by atomic mass is 9.95. The Bertz CT molecular complexity index is 616. The van der Waals surface area contributed by atoms with Crippen LogP contribution in [0.4, 0.5) is 0 Å². The molecule has 1 atom stereocenters. The molecule has 5 heteroatoms. The second-order valence-electron chi connectivity index (χ2n) is 7.79. The first-order valence-corrected chi connectivity index (χ1v) is 10.4. The van der Waals surface area contributed by atoms with Crippen molar-refractivity contribution >= 4 is 11.9 Å². The molecule has 0 aliphatic heterocycles. The van der Waals surface area contributed by atoms with Crippen molar-refractivity contribution in [3.05, 3.63) is 29.8 Å². The highest BCUT2D eigenvalue weighted by Crippen LogP contribution is 2.22. The molecule has 2 aliphatic carbocycles. The van der Waals surface area contributed by atoms with Gasteiger partial charge in [-0.2, -0.15) is 0 Å².